The number of hydrogen-bond donors (Lipinski definition) is 1. The molecule has 2 aliphatic heterocycles. The Hall–Kier alpha value is -2.66. The number of nitrogens with zero attached hydrogens (tertiary/aromatic N) is 4. The van der Waals surface area contributed by atoms with Crippen molar-refractivity contribution in [1.82, 2.24) is 9.58 Å². The molecule has 0 spiro atoms. The van der Waals surface area contributed by atoms with Crippen molar-refractivity contribution >= 4 is 55.7 Å². The molecule has 0 unspecified atom stereocenters. The number of carbonyl (C=O) groups excluding carboxylic acids is 1. The lowest BCUT2D eigenvalue weighted by atomic mass is 10.1. The number of aryl methyl sites for hydroxylation is 1. The van der Waals surface area contributed by atoms with E-state index in [1.807, 2.05) is 48.7 Å². The lowest BCUT2D eigenvalue weighted by molar-refractivity contribution is -0.114. The van der Waals surface area contributed by atoms with Gasteiger partial charge in [-0.25, -0.2) is 0 Å². The molecule has 2 aliphatic rings. The summed E-state index contributed by atoms with van der Waals surface area (Å²) >= 11 is 3.63. The Morgan fingerprint density at radius 1 is 1.20 bits per heavy atom. The fraction of sp³-hybridized carbons (Fsp3) is 0.158. The van der Waals surface area contributed by atoms with Gasteiger partial charge in [0.15, 0.2) is 5.84 Å². The first-order chi connectivity index (χ1) is 14.1. The molecular weight excluding hydrogens is 483 g/mol. The molecule has 1 aromatic carbocycles. The molecule has 0 radical (unpaired) electrons. The first-order valence-corrected chi connectivity index (χ1v) is 10.2. The number of fused-ring (bicyclic) bond motifs is 1. The Morgan fingerprint density at radius 2 is 1.87 bits per heavy atom. The third-order valence-electron chi connectivity index (χ3n) is 4.55. The summed E-state index contributed by atoms with van der Waals surface area (Å²) in [5.74, 6) is -1.21. The summed E-state index contributed by atoms with van der Waals surface area (Å²) < 4.78 is 41.8. The van der Waals surface area contributed by atoms with E-state index in [2.05, 4.69) is 26.0 Å². The third kappa shape index (κ3) is 3.52. The van der Waals surface area contributed by atoms with E-state index in [0.29, 0.717) is 5.56 Å². The van der Waals surface area contributed by atoms with Gasteiger partial charge in [-0.15, -0.1) is 0 Å². The molecular formula is C19H13BrF3N5OS. The Kier molecular flexibility index (Phi) is 4.97. The molecule has 11 heteroatoms. The lowest BCUT2D eigenvalue weighted by Gasteiger charge is -2.20. The summed E-state index contributed by atoms with van der Waals surface area (Å²) in [7, 11) is 0. The molecule has 0 bridgehead atoms. The number of benzene rings is 1. The number of amidine groups is 2. The zero-order chi connectivity index (χ0) is 21.8. The number of thioether (sulfide) groups is 1. The summed E-state index contributed by atoms with van der Waals surface area (Å²) in [5, 5.41) is 11.0. The molecule has 2 aromatic rings. The number of hydrazone groups is 1. The van der Waals surface area contributed by atoms with Gasteiger partial charge in [-0.1, -0.05) is 15.9 Å². The van der Waals surface area contributed by atoms with Crippen molar-refractivity contribution in [3.63, 3.8) is 0 Å². The zero-order valence-electron chi connectivity index (χ0n) is 15.6. The number of aromatic nitrogens is 1. The van der Waals surface area contributed by atoms with Gasteiger partial charge in [-0.2, -0.15) is 28.3 Å². The molecule has 4 rings (SSSR count). The van der Waals surface area contributed by atoms with E-state index in [-0.39, 0.29) is 22.5 Å². The second-order valence-electron chi connectivity index (χ2n) is 6.56. The number of aliphatic imine (C=N–C) groups is 1. The Labute approximate surface area is 181 Å². The van der Waals surface area contributed by atoms with Crippen LogP contribution in [0.1, 0.15) is 17.0 Å². The number of rotatable bonds is 2. The maximum absolute atomic E-state index is 12.9. The van der Waals surface area contributed by atoms with Gasteiger partial charge in [-0.3, -0.25) is 10.2 Å². The van der Waals surface area contributed by atoms with Crippen LogP contribution in [0.5, 0.6) is 0 Å². The Balaban J connectivity index is 1.74. The van der Waals surface area contributed by atoms with Crippen LogP contribution < -0.4 is 0 Å². The van der Waals surface area contributed by atoms with Crippen LogP contribution in [-0.4, -0.2) is 37.7 Å². The number of nitrogens with one attached hydrogen (secondary N) is 1. The van der Waals surface area contributed by atoms with Gasteiger partial charge in [0, 0.05) is 21.5 Å². The van der Waals surface area contributed by atoms with Crippen LogP contribution in [0.3, 0.4) is 0 Å². The van der Waals surface area contributed by atoms with Gasteiger partial charge in [0.2, 0.25) is 10.2 Å². The van der Waals surface area contributed by atoms with E-state index in [1.165, 1.54) is 6.08 Å². The maximum Gasteiger partial charge on any atom is 0.441 e. The summed E-state index contributed by atoms with van der Waals surface area (Å²) in [6, 6.07) is 9.52. The topological polar surface area (TPSA) is 73.8 Å². The molecule has 6 nitrogen and oxygen atoms in total. The number of hydrogen-bond acceptors (Lipinski definition) is 4. The van der Waals surface area contributed by atoms with Crippen molar-refractivity contribution in [2.24, 2.45) is 10.1 Å². The van der Waals surface area contributed by atoms with Crippen molar-refractivity contribution < 1.29 is 18.0 Å². The number of amides is 1. The second kappa shape index (κ2) is 7.24. The van der Waals surface area contributed by atoms with Gasteiger partial charge in [-0.05, 0) is 67.6 Å². The van der Waals surface area contributed by atoms with Crippen LogP contribution in [0.4, 0.5) is 13.2 Å². The van der Waals surface area contributed by atoms with Crippen LogP contribution in [-0.2, 0) is 4.79 Å². The van der Waals surface area contributed by atoms with Crippen LogP contribution in [0.15, 0.2) is 50.5 Å². The van der Waals surface area contributed by atoms with E-state index >= 15 is 0 Å². The van der Waals surface area contributed by atoms with Gasteiger partial charge < -0.3 is 4.57 Å². The van der Waals surface area contributed by atoms with Crippen molar-refractivity contribution in [3.05, 3.63) is 57.3 Å². The summed E-state index contributed by atoms with van der Waals surface area (Å²) in [4.78, 5) is 16.1. The number of halogens is 4. The van der Waals surface area contributed by atoms with Gasteiger partial charge in [0.1, 0.15) is 0 Å². The molecule has 154 valence electrons. The average molecular weight is 496 g/mol. The van der Waals surface area contributed by atoms with Gasteiger partial charge in [0.05, 0.1) is 5.57 Å². The summed E-state index contributed by atoms with van der Waals surface area (Å²) in [5.41, 5.74) is 3.16. The minimum Gasteiger partial charge on any atom is -0.318 e. The number of alkyl halides is 3. The van der Waals surface area contributed by atoms with E-state index < -0.39 is 23.0 Å². The third-order valence-corrected chi connectivity index (χ3v) is 6.03. The minimum absolute atomic E-state index is 0.123. The number of carbonyl (C=O) groups is 1. The highest BCUT2D eigenvalue weighted by Crippen LogP contribution is 2.35. The average Bonchev–Trinajstić information content (AvgIpc) is 3.21. The molecule has 0 atom stereocenters. The quantitative estimate of drug-likeness (QED) is 0.593. The molecule has 0 fully saturated rings. The van der Waals surface area contributed by atoms with Crippen molar-refractivity contribution in [2.75, 3.05) is 0 Å². The highest BCUT2D eigenvalue weighted by molar-refractivity contribution is 9.10. The van der Waals surface area contributed by atoms with E-state index in [9.17, 15) is 18.0 Å². The zero-order valence-corrected chi connectivity index (χ0v) is 18.0. The monoisotopic (exact) mass is 495 g/mol. The molecule has 1 amide bonds. The molecule has 0 aliphatic carbocycles. The summed E-state index contributed by atoms with van der Waals surface area (Å²) in [6.45, 7) is 3.76. The molecule has 3 heterocycles. The highest BCUT2D eigenvalue weighted by atomic mass is 79.9. The molecule has 0 saturated heterocycles. The Morgan fingerprint density at radius 3 is 2.50 bits per heavy atom. The Bertz CT molecular complexity index is 1180. The largest absolute Gasteiger partial charge is 0.441 e. The fourth-order valence-corrected chi connectivity index (χ4v) is 4.21. The first kappa shape index (κ1) is 20.6. The predicted octanol–water partition coefficient (Wildman–Crippen LogP) is 5.04. The van der Waals surface area contributed by atoms with Gasteiger partial charge >= 0.3 is 6.18 Å². The van der Waals surface area contributed by atoms with Crippen LogP contribution in [0, 0.1) is 19.3 Å². The van der Waals surface area contributed by atoms with E-state index in [0.717, 1.165) is 26.6 Å². The standard InChI is InChI=1S/C19H13BrF3N5OS/c1-9-7-11(10(2)27(9)13-5-3-12(20)4-6-13)8-14-15(24)28-18(25-16(14)29)30-17(26-28)19(21,22)23/h3-8,24H,1-2H3. The maximum atomic E-state index is 12.9. The van der Waals surface area contributed by atoms with Crippen molar-refractivity contribution in [1.29, 1.82) is 5.41 Å². The van der Waals surface area contributed by atoms with Crippen molar-refractivity contribution in [2.45, 2.75) is 20.0 Å². The van der Waals surface area contributed by atoms with Crippen LogP contribution >= 0.6 is 27.7 Å². The normalized spacial score (nSPS) is 18.1. The lowest BCUT2D eigenvalue weighted by Crippen LogP contribution is -2.35. The highest BCUT2D eigenvalue weighted by Gasteiger charge is 2.46. The second-order valence-corrected chi connectivity index (χ2v) is 8.43. The molecule has 0 saturated carbocycles. The fourth-order valence-electron chi connectivity index (χ4n) is 3.18. The smallest absolute Gasteiger partial charge is 0.318 e. The predicted molar refractivity (Wildman–Crippen MR) is 114 cm³/mol. The van der Waals surface area contributed by atoms with Crippen molar-refractivity contribution in [3.8, 4) is 5.69 Å². The van der Waals surface area contributed by atoms with E-state index in [1.54, 1.807) is 0 Å². The summed E-state index contributed by atoms with van der Waals surface area (Å²) in [6.07, 6.45) is -3.21. The SMILES string of the molecule is Cc1cc(C=C2C(=N)N3N=C(C(F)(F)F)SC3=NC2=O)c(C)n1-c1ccc(Br)cc1. The van der Waals surface area contributed by atoms with E-state index in [4.69, 9.17) is 5.41 Å². The van der Waals surface area contributed by atoms with Gasteiger partial charge in [0.25, 0.3) is 5.91 Å². The minimum atomic E-state index is -4.67. The molecule has 1 aromatic heterocycles. The van der Waals surface area contributed by atoms with Crippen LogP contribution in [0.25, 0.3) is 11.8 Å². The molecule has 30 heavy (non-hydrogen) atoms. The molecule has 1 N–H and O–H groups in total. The van der Waals surface area contributed by atoms with Crippen LogP contribution in [0.2, 0.25) is 0 Å². The first-order valence-electron chi connectivity index (χ1n) is 8.58.